The summed E-state index contributed by atoms with van der Waals surface area (Å²) in [4.78, 5) is 23.0. The van der Waals surface area contributed by atoms with Crippen LogP contribution in [0, 0.1) is 27.7 Å². The monoisotopic (exact) mass is 794 g/mol. The lowest BCUT2D eigenvalue weighted by molar-refractivity contribution is -0.0520. The first-order chi connectivity index (χ1) is 25.4. The lowest BCUT2D eigenvalue weighted by atomic mass is 10.2. The quantitative estimate of drug-likeness (QED) is 0.0838. The standard InChI is InChI=1S/C19H21F2NO5S.C19H21F2NO3S/c1-13-10-16(23)11-14(2)22(13)7-6-15-4-5-17(27-19(20)21)18(12-15)26-8-9-28(3,24)25;1-13-10-16(23)11-14(2)22(13)7-6-15-4-5-17(25-19(20)21)18(12-15)24-8-9-26-3/h4-7,10-12,19H,8-9H2,1-3H3;4-7,10-12,19H,8-9H2,1-3H3/b2*7-6+. The van der Waals surface area contributed by atoms with E-state index in [4.69, 9.17) is 9.47 Å². The molecule has 0 bridgehead atoms. The summed E-state index contributed by atoms with van der Waals surface area (Å²) in [7, 11) is -3.26. The van der Waals surface area contributed by atoms with Gasteiger partial charge < -0.3 is 28.1 Å². The second kappa shape index (κ2) is 20.5. The number of pyridine rings is 2. The maximum atomic E-state index is 12.6. The average molecular weight is 795 g/mol. The summed E-state index contributed by atoms with van der Waals surface area (Å²) in [5.74, 6) is 0.598. The van der Waals surface area contributed by atoms with E-state index in [9.17, 15) is 35.6 Å². The number of halogens is 4. The smallest absolute Gasteiger partial charge is 0.387 e. The predicted molar refractivity (Wildman–Crippen MR) is 206 cm³/mol. The molecule has 0 spiro atoms. The highest BCUT2D eigenvalue weighted by atomic mass is 32.2. The summed E-state index contributed by atoms with van der Waals surface area (Å²) in [5.41, 5.74) is 4.35. The summed E-state index contributed by atoms with van der Waals surface area (Å²) in [5, 5.41) is 0. The van der Waals surface area contributed by atoms with Crippen LogP contribution in [0.4, 0.5) is 17.6 Å². The zero-order chi connectivity index (χ0) is 40.0. The fraction of sp³-hybridized carbons (Fsp3) is 0.316. The van der Waals surface area contributed by atoms with Crippen LogP contribution in [0.5, 0.6) is 23.0 Å². The molecule has 0 fully saturated rings. The van der Waals surface area contributed by atoms with Gasteiger partial charge in [-0.05, 0) is 81.5 Å². The van der Waals surface area contributed by atoms with Crippen LogP contribution in [-0.4, -0.2) is 68.0 Å². The van der Waals surface area contributed by atoms with E-state index >= 15 is 0 Å². The van der Waals surface area contributed by atoms with Gasteiger partial charge in [0.1, 0.15) is 6.61 Å². The number of hydrogen-bond donors (Lipinski definition) is 0. The molecule has 2 heterocycles. The molecule has 0 N–H and O–H groups in total. The van der Waals surface area contributed by atoms with Crippen LogP contribution in [-0.2, 0) is 9.84 Å². The molecule has 0 unspecified atom stereocenters. The van der Waals surface area contributed by atoms with E-state index in [2.05, 4.69) is 9.47 Å². The van der Waals surface area contributed by atoms with E-state index in [1.165, 1.54) is 30.3 Å². The molecule has 2 aromatic heterocycles. The highest BCUT2D eigenvalue weighted by Crippen LogP contribution is 2.32. The van der Waals surface area contributed by atoms with Gasteiger partial charge in [-0.25, -0.2) is 8.42 Å². The molecule has 2 aromatic carbocycles. The molecule has 54 heavy (non-hydrogen) atoms. The largest absolute Gasteiger partial charge is 0.489 e. The molecular formula is C38H42F4N2O8S2. The van der Waals surface area contributed by atoms with E-state index in [0.29, 0.717) is 12.2 Å². The maximum absolute atomic E-state index is 12.6. The Morgan fingerprint density at radius 3 is 1.39 bits per heavy atom. The molecule has 0 saturated heterocycles. The Kier molecular flexibility index (Phi) is 16.5. The normalized spacial score (nSPS) is 11.6. The Bertz CT molecular complexity index is 2120. The van der Waals surface area contributed by atoms with Crippen LogP contribution in [0.15, 0.2) is 70.3 Å². The zero-order valence-electron chi connectivity index (χ0n) is 30.6. The number of nitrogens with zero attached hydrogens (tertiary/aromatic N) is 2. The topological polar surface area (TPSA) is 115 Å². The van der Waals surface area contributed by atoms with Crippen molar-refractivity contribution < 1.29 is 44.9 Å². The van der Waals surface area contributed by atoms with Gasteiger partial charge in [-0.1, -0.05) is 12.1 Å². The maximum Gasteiger partial charge on any atom is 0.387 e. The number of thioether (sulfide) groups is 1. The third kappa shape index (κ3) is 14.5. The number of aryl methyl sites for hydroxylation is 4. The summed E-state index contributed by atoms with van der Waals surface area (Å²) < 4.78 is 96.3. The van der Waals surface area contributed by atoms with Gasteiger partial charge in [-0.15, -0.1) is 0 Å². The third-order valence-electron chi connectivity index (χ3n) is 7.38. The molecule has 4 rings (SSSR count). The van der Waals surface area contributed by atoms with Crippen molar-refractivity contribution in [3.63, 3.8) is 0 Å². The van der Waals surface area contributed by atoms with Crippen LogP contribution < -0.4 is 29.8 Å². The highest BCUT2D eigenvalue weighted by Gasteiger charge is 2.14. The van der Waals surface area contributed by atoms with E-state index in [0.717, 1.165) is 40.3 Å². The van der Waals surface area contributed by atoms with E-state index < -0.39 is 23.1 Å². The van der Waals surface area contributed by atoms with Crippen LogP contribution in [0.2, 0.25) is 0 Å². The molecular weight excluding hydrogens is 753 g/mol. The number of alkyl halides is 4. The van der Waals surface area contributed by atoms with Crippen molar-refractivity contribution >= 4 is 46.2 Å². The van der Waals surface area contributed by atoms with Crippen molar-refractivity contribution in [2.45, 2.75) is 40.9 Å². The van der Waals surface area contributed by atoms with E-state index in [1.807, 2.05) is 36.9 Å². The molecule has 292 valence electrons. The summed E-state index contributed by atoms with van der Waals surface area (Å²) >= 11 is 1.60. The molecule has 0 aliphatic heterocycles. The number of ether oxygens (including phenoxy) is 4. The number of hydrogen-bond acceptors (Lipinski definition) is 9. The minimum atomic E-state index is -3.26. The van der Waals surface area contributed by atoms with Gasteiger partial charge in [0, 0.05) is 71.4 Å². The predicted octanol–water partition coefficient (Wildman–Crippen LogP) is 7.55. The Morgan fingerprint density at radius 2 is 1.04 bits per heavy atom. The van der Waals surface area contributed by atoms with Crippen molar-refractivity contribution in [3.05, 3.63) is 115 Å². The van der Waals surface area contributed by atoms with Gasteiger partial charge in [0.15, 0.2) is 43.7 Å². The average Bonchev–Trinajstić information content (AvgIpc) is 3.05. The lowest BCUT2D eigenvalue weighted by Crippen LogP contribution is -2.13. The van der Waals surface area contributed by atoms with Gasteiger partial charge >= 0.3 is 13.2 Å². The molecule has 0 atom stereocenters. The Labute approximate surface area is 315 Å². The fourth-order valence-electron chi connectivity index (χ4n) is 4.94. The van der Waals surface area contributed by atoms with Crippen LogP contribution >= 0.6 is 11.8 Å². The van der Waals surface area contributed by atoms with Gasteiger partial charge in [0.25, 0.3) is 0 Å². The molecule has 4 aromatic rings. The lowest BCUT2D eigenvalue weighted by Gasteiger charge is -2.13. The minimum absolute atomic E-state index is 0.00831. The van der Waals surface area contributed by atoms with Gasteiger partial charge in [-0.2, -0.15) is 29.3 Å². The summed E-state index contributed by atoms with van der Waals surface area (Å²) in [6, 6.07) is 15.2. The number of benzene rings is 2. The Balaban J connectivity index is 0.000000291. The first-order valence-electron chi connectivity index (χ1n) is 16.3. The number of rotatable bonds is 16. The van der Waals surface area contributed by atoms with Crippen LogP contribution in [0.25, 0.3) is 24.6 Å². The molecule has 0 radical (unpaired) electrons. The van der Waals surface area contributed by atoms with Gasteiger partial charge in [-0.3, -0.25) is 9.59 Å². The molecule has 16 heteroatoms. The molecule has 10 nitrogen and oxygen atoms in total. The van der Waals surface area contributed by atoms with Crippen molar-refractivity contribution in [1.29, 1.82) is 0 Å². The fourth-order valence-corrected chi connectivity index (χ4v) is 5.58. The van der Waals surface area contributed by atoms with E-state index in [1.54, 1.807) is 72.8 Å². The first-order valence-corrected chi connectivity index (χ1v) is 19.8. The first kappa shape index (κ1) is 43.4. The molecule has 0 aliphatic carbocycles. The van der Waals surface area contributed by atoms with Gasteiger partial charge in [0.2, 0.25) is 0 Å². The Hall–Kier alpha value is -4.96. The molecule has 0 saturated carbocycles. The Morgan fingerprint density at radius 1 is 0.648 bits per heavy atom. The second-order valence-electron chi connectivity index (χ2n) is 11.8. The van der Waals surface area contributed by atoms with Crippen molar-refractivity contribution in [2.75, 3.05) is 37.2 Å². The molecule has 0 amide bonds. The number of aromatic nitrogens is 2. The van der Waals surface area contributed by atoms with E-state index in [-0.39, 0.29) is 46.2 Å². The van der Waals surface area contributed by atoms with Crippen molar-refractivity contribution in [1.82, 2.24) is 9.13 Å². The minimum Gasteiger partial charge on any atom is -0.489 e. The third-order valence-corrected chi connectivity index (χ3v) is 8.86. The van der Waals surface area contributed by atoms with Crippen molar-refractivity contribution in [3.8, 4) is 23.0 Å². The van der Waals surface area contributed by atoms with Crippen LogP contribution in [0.3, 0.4) is 0 Å². The summed E-state index contributed by atoms with van der Waals surface area (Å²) in [6.45, 7) is 1.52. The second-order valence-corrected chi connectivity index (χ2v) is 15.1. The summed E-state index contributed by atoms with van der Waals surface area (Å²) in [6.07, 6.45) is 10.1. The molecule has 0 aliphatic rings. The SMILES string of the molecule is CSCCOc1cc(/C=C/n2c(C)cc(=O)cc2C)ccc1OC(F)F.Cc1cc(=O)cc(C)n1/C=C/c1ccc(OC(F)F)c(OCCS(C)(=O)=O)c1. The van der Waals surface area contributed by atoms with Crippen molar-refractivity contribution in [2.24, 2.45) is 0 Å². The van der Waals surface area contributed by atoms with Gasteiger partial charge in [0.05, 0.1) is 12.4 Å². The highest BCUT2D eigenvalue weighted by molar-refractivity contribution is 7.98. The van der Waals surface area contributed by atoms with Crippen LogP contribution in [0.1, 0.15) is 33.9 Å². The zero-order valence-corrected chi connectivity index (χ0v) is 32.2. The number of sulfone groups is 1.